The zero-order valence-electron chi connectivity index (χ0n) is 22.7. The van der Waals surface area contributed by atoms with Gasteiger partial charge in [0.2, 0.25) is 11.8 Å². The van der Waals surface area contributed by atoms with Crippen LogP contribution in [0.3, 0.4) is 0 Å². The fourth-order valence-corrected chi connectivity index (χ4v) is 5.32. The average Bonchev–Trinajstić information content (AvgIpc) is 2.91. The van der Waals surface area contributed by atoms with Gasteiger partial charge in [-0.3, -0.25) is 13.9 Å². The first-order valence-corrected chi connectivity index (χ1v) is 14.3. The van der Waals surface area contributed by atoms with Gasteiger partial charge in [-0.05, 0) is 63.9 Å². The normalized spacial score (nSPS) is 12.9. The smallest absolute Gasteiger partial charge is 0.264 e. The molecule has 0 heterocycles. The van der Waals surface area contributed by atoms with Crippen LogP contribution in [0.25, 0.3) is 0 Å². The summed E-state index contributed by atoms with van der Waals surface area (Å²) in [6.07, 6.45) is 0.751. The maximum atomic E-state index is 13.9. The highest BCUT2D eigenvalue weighted by Crippen LogP contribution is 2.25. The lowest BCUT2D eigenvalue weighted by Crippen LogP contribution is -2.52. The van der Waals surface area contributed by atoms with Crippen molar-refractivity contribution in [3.8, 4) is 0 Å². The quantitative estimate of drug-likeness (QED) is 0.381. The summed E-state index contributed by atoms with van der Waals surface area (Å²) in [6, 6.07) is 22.0. The first kappa shape index (κ1) is 28.9. The number of nitrogens with one attached hydrogen (secondary N) is 1. The van der Waals surface area contributed by atoms with Gasteiger partial charge in [-0.1, -0.05) is 72.6 Å². The fourth-order valence-electron chi connectivity index (χ4n) is 3.91. The van der Waals surface area contributed by atoms with Crippen LogP contribution in [-0.4, -0.2) is 43.8 Å². The number of anilines is 1. The summed E-state index contributed by atoms with van der Waals surface area (Å²) in [7, 11) is -4.07. The minimum Gasteiger partial charge on any atom is -0.352 e. The van der Waals surface area contributed by atoms with Crippen molar-refractivity contribution in [3.05, 3.63) is 95.6 Å². The molecule has 0 bridgehead atoms. The van der Waals surface area contributed by atoms with Crippen LogP contribution in [0.4, 0.5) is 5.69 Å². The summed E-state index contributed by atoms with van der Waals surface area (Å²) in [5, 5.41) is 2.94. The van der Waals surface area contributed by atoms with Crippen LogP contribution in [0.15, 0.2) is 83.8 Å². The lowest BCUT2D eigenvalue weighted by atomic mass is 10.1. The second kappa shape index (κ2) is 12.7. The Balaban J connectivity index is 2.00. The van der Waals surface area contributed by atoms with E-state index in [2.05, 4.69) is 5.32 Å². The molecule has 0 aliphatic heterocycles. The molecule has 202 valence electrons. The average molecular weight is 536 g/mol. The van der Waals surface area contributed by atoms with Gasteiger partial charge < -0.3 is 10.2 Å². The Hall–Kier alpha value is -3.65. The van der Waals surface area contributed by atoms with Gasteiger partial charge in [-0.15, -0.1) is 0 Å². The number of nitrogens with zero attached hydrogens (tertiary/aromatic N) is 2. The highest BCUT2D eigenvalue weighted by Gasteiger charge is 2.32. The van der Waals surface area contributed by atoms with E-state index >= 15 is 0 Å². The molecule has 0 aromatic heterocycles. The molecule has 0 saturated carbocycles. The molecular formula is C30H37N3O4S. The van der Waals surface area contributed by atoms with Gasteiger partial charge in [0.05, 0.1) is 10.6 Å². The molecule has 3 aromatic carbocycles. The number of sulfonamides is 1. The molecule has 0 saturated heterocycles. The number of hydrogen-bond donors (Lipinski definition) is 1. The molecule has 8 heteroatoms. The number of hydrogen-bond acceptors (Lipinski definition) is 4. The Kier molecular flexibility index (Phi) is 9.69. The topological polar surface area (TPSA) is 86.8 Å². The third kappa shape index (κ3) is 7.22. The van der Waals surface area contributed by atoms with Gasteiger partial charge in [0.25, 0.3) is 10.0 Å². The van der Waals surface area contributed by atoms with Gasteiger partial charge in [0, 0.05) is 12.6 Å². The Morgan fingerprint density at radius 3 is 1.95 bits per heavy atom. The van der Waals surface area contributed by atoms with E-state index in [4.69, 9.17) is 0 Å². The van der Waals surface area contributed by atoms with E-state index < -0.39 is 28.5 Å². The molecule has 0 spiro atoms. The molecule has 0 aliphatic carbocycles. The van der Waals surface area contributed by atoms with E-state index in [1.54, 1.807) is 55.5 Å². The van der Waals surface area contributed by atoms with Crippen LogP contribution >= 0.6 is 0 Å². The third-order valence-corrected chi connectivity index (χ3v) is 8.36. The van der Waals surface area contributed by atoms with Crippen molar-refractivity contribution < 1.29 is 18.0 Å². The largest absolute Gasteiger partial charge is 0.352 e. The van der Waals surface area contributed by atoms with Gasteiger partial charge >= 0.3 is 0 Å². The number of amides is 2. The first-order chi connectivity index (χ1) is 18.0. The van der Waals surface area contributed by atoms with Crippen LogP contribution in [0.2, 0.25) is 0 Å². The lowest BCUT2D eigenvalue weighted by molar-refractivity contribution is -0.139. The van der Waals surface area contributed by atoms with E-state index in [1.165, 1.54) is 4.90 Å². The fraction of sp³-hybridized carbons (Fsp3) is 0.333. The van der Waals surface area contributed by atoms with Gasteiger partial charge in [0.15, 0.2) is 0 Å². The van der Waals surface area contributed by atoms with Gasteiger partial charge in [-0.25, -0.2) is 8.42 Å². The zero-order chi connectivity index (χ0) is 27.9. The molecule has 3 rings (SSSR count). The molecule has 2 atom stereocenters. The second-order valence-electron chi connectivity index (χ2n) is 9.66. The van der Waals surface area contributed by atoms with Crippen LogP contribution in [0, 0.1) is 13.8 Å². The van der Waals surface area contributed by atoms with Crippen LogP contribution in [-0.2, 0) is 26.2 Å². The van der Waals surface area contributed by atoms with Crippen molar-refractivity contribution in [3.63, 3.8) is 0 Å². The second-order valence-corrected chi connectivity index (χ2v) is 11.5. The predicted octanol–water partition coefficient (Wildman–Crippen LogP) is 4.83. The van der Waals surface area contributed by atoms with Gasteiger partial charge in [0.1, 0.15) is 12.6 Å². The minimum atomic E-state index is -4.07. The molecule has 2 amide bonds. The molecule has 0 radical (unpaired) electrons. The number of benzene rings is 3. The number of carbonyl (C=O) groups excluding carboxylic acids is 2. The summed E-state index contributed by atoms with van der Waals surface area (Å²) in [4.78, 5) is 28.5. The molecular weight excluding hydrogens is 498 g/mol. The Labute approximate surface area is 226 Å². The lowest BCUT2D eigenvalue weighted by Gasteiger charge is -2.32. The summed E-state index contributed by atoms with van der Waals surface area (Å²) >= 11 is 0. The number of rotatable bonds is 11. The van der Waals surface area contributed by atoms with Crippen molar-refractivity contribution in [2.24, 2.45) is 0 Å². The van der Waals surface area contributed by atoms with E-state index in [9.17, 15) is 18.0 Å². The molecule has 3 aromatic rings. The van der Waals surface area contributed by atoms with E-state index in [0.29, 0.717) is 5.69 Å². The third-order valence-electron chi connectivity index (χ3n) is 6.57. The maximum absolute atomic E-state index is 13.9. The Bertz CT molecular complexity index is 1320. The highest BCUT2D eigenvalue weighted by atomic mass is 32.2. The van der Waals surface area contributed by atoms with E-state index in [1.807, 2.05) is 58.0 Å². The number of carbonyl (C=O) groups is 2. The summed E-state index contributed by atoms with van der Waals surface area (Å²) in [5.41, 5.74) is 3.11. The van der Waals surface area contributed by atoms with Crippen LogP contribution in [0.5, 0.6) is 0 Å². The molecule has 0 fully saturated rings. The van der Waals surface area contributed by atoms with E-state index in [0.717, 1.165) is 27.4 Å². The van der Waals surface area contributed by atoms with Crippen LogP contribution in [0.1, 0.15) is 43.9 Å². The molecule has 7 nitrogen and oxygen atoms in total. The standard InChI is InChI=1S/C30H37N3O4S/c1-6-24(4)31-30(35)25(5)32(20-26-10-8-7-9-11-26)29(34)21-33(27-16-12-22(2)13-17-27)38(36,37)28-18-14-23(3)15-19-28/h7-19,24-25H,6,20-21H2,1-5H3,(H,31,35). The van der Waals surface area contributed by atoms with Crippen LogP contribution < -0.4 is 9.62 Å². The highest BCUT2D eigenvalue weighted by molar-refractivity contribution is 7.92. The van der Waals surface area contributed by atoms with E-state index in [-0.39, 0.29) is 23.4 Å². The predicted molar refractivity (Wildman–Crippen MR) is 151 cm³/mol. The summed E-state index contributed by atoms with van der Waals surface area (Å²) < 4.78 is 28.7. The summed E-state index contributed by atoms with van der Waals surface area (Å²) in [6.45, 7) is 9.05. The molecule has 1 N–H and O–H groups in total. The van der Waals surface area contributed by atoms with Crippen molar-refractivity contribution in [2.75, 3.05) is 10.8 Å². The first-order valence-electron chi connectivity index (χ1n) is 12.8. The van der Waals surface area contributed by atoms with Crippen molar-refractivity contribution in [1.29, 1.82) is 0 Å². The molecule has 0 aliphatic rings. The van der Waals surface area contributed by atoms with Crippen molar-refractivity contribution in [2.45, 2.75) is 64.6 Å². The van der Waals surface area contributed by atoms with Crippen molar-refractivity contribution >= 4 is 27.5 Å². The summed E-state index contributed by atoms with van der Waals surface area (Å²) in [5.74, 6) is -0.760. The molecule has 2 unspecified atom stereocenters. The van der Waals surface area contributed by atoms with Gasteiger partial charge in [-0.2, -0.15) is 0 Å². The molecule has 38 heavy (non-hydrogen) atoms. The monoisotopic (exact) mass is 535 g/mol. The zero-order valence-corrected chi connectivity index (χ0v) is 23.5. The number of aryl methyl sites for hydroxylation is 2. The minimum absolute atomic E-state index is 0.0513. The Morgan fingerprint density at radius 1 is 0.842 bits per heavy atom. The van der Waals surface area contributed by atoms with Crippen molar-refractivity contribution in [1.82, 2.24) is 10.2 Å². The SMILES string of the molecule is CCC(C)NC(=O)C(C)N(Cc1ccccc1)C(=O)CN(c1ccc(C)cc1)S(=O)(=O)c1ccc(C)cc1. The maximum Gasteiger partial charge on any atom is 0.264 e. The Morgan fingerprint density at radius 2 is 1.39 bits per heavy atom.